The van der Waals surface area contributed by atoms with E-state index in [0.29, 0.717) is 29.7 Å². The molecule has 1 unspecified atom stereocenters. The van der Waals surface area contributed by atoms with Crippen molar-refractivity contribution in [3.05, 3.63) is 86.7 Å². The molecule has 4 nitrogen and oxygen atoms in total. The summed E-state index contributed by atoms with van der Waals surface area (Å²) in [6.07, 6.45) is -2.68. The summed E-state index contributed by atoms with van der Waals surface area (Å²) in [6, 6.07) is 11.9. The summed E-state index contributed by atoms with van der Waals surface area (Å²) in [5.74, 6) is -1.17. The van der Waals surface area contributed by atoms with Crippen LogP contribution in [0.1, 0.15) is 43.2 Å². The van der Waals surface area contributed by atoms with Crippen LogP contribution >= 0.6 is 15.9 Å². The summed E-state index contributed by atoms with van der Waals surface area (Å²) in [4.78, 5) is 26.2. The van der Waals surface area contributed by atoms with Crippen molar-refractivity contribution in [1.82, 2.24) is 5.32 Å². The number of hydrogen-bond acceptors (Lipinski definition) is 3. The van der Waals surface area contributed by atoms with Gasteiger partial charge in [0.15, 0.2) is 5.78 Å². The molecule has 166 valence electrons. The van der Waals surface area contributed by atoms with Crippen LogP contribution in [0.4, 0.5) is 18.9 Å². The van der Waals surface area contributed by atoms with Crippen LogP contribution in [0.2, 0.25) is 0 Å². The second kappa shape index (κ2) is 8.58. The summed E-state index contributed by atoms with van der Waals surface area (Å²) in [5, 5.41) is 5.80. The highest BCUT2D eigenvalue weighted by Crippen LogP contribution is 2.42. The number of benzene rings is 2. The summed E-state index contributed by atoms with van der Waals surface area (Å²) in [6.45, 7) is 1.75. The van der Waals surface area contributed by atoms with E-state index in [0.717, 1.165) is 34.3 Å². The van der Waals surface area contributed by atoms with Crippen LogP contribution in [-0.2, 0) is 15.8 Å². The standard InChI is InChI=1S/C24H20BrF3N2O2/c1-13-20(23(32)30-17-5-2-4-15(12-17)24(26,27)28)21(14-8-10-16(25)11-9-14)22-18(29-13)6-3-7-19(22)31/h2,4-5,8-12,21,29H,3,6-7H2,1H3,(H,30,32). The molecular formula is C24H20BrF3N2O2. The van der Waals surface area contributed by atoms with E-state index in [9.17, 15) is 22.8 Å². The van der Waals surface area contributed by atoms with Gasteiger partial charge in [0.25, 0.3) is 5.91 Å². The van der Waals surface area contributed by atoms with Crippen LogP contribution in [-0.4, -0.2) is 11.7 Å². The highest BCUT2D eigenvalue weighted by atomic mass is 79.9. The highest BCUT2D eigenvalue weighted by molar-refractivity contribution is 9.10. The van der Waals surface area contributed by atoms with E-state index in [2.05, 4.69) is 26.6 Å². The first-order chi connectivity index (χ1) is 15.1. The molecule has 32 heavy (non-hydrogen) atoms. The van der Waals surface area contributed by atoms with Gasteiger partial charge in [0.05, 0.1) is 5.56 Å². The molecule has 0 fully saturated rings. The SMILES string of the molecule is CC1=C(C(=O)Nc2cccc(C(F)(F)F)c2)C(c2ccc(Br)cc2)C2=C(CCCC2=O)N1. The third-order valence-electron chi connectivity index (χ3n) is 5.67. The molecule has 2 aromatic carbocycles. The average Bonchev–Trinajstić information content (AvgIpc) is 2.73. The number of rotatable bonds is 3. The van der Waals surface area contributed by atoms with Crippen LogP contribution in [0, 0.1) is 0 Å². The zero-order valence-electron chi connectivity index (χ0n) is 17.1. The van der Waals surface area contributed by atoms with Gasteiger partial charge in [0, 0.05) is 45.0 Å². The van der Waals surface area contributed by atoms with Gasteiger partial charge in [-0.05, 0) is 55.7 Å². The van der Waals surface area contributed by atoms with Crippen molar-refractivity contribution in [2.45, 2.75) is 38.3 Å². The lowest BCUT2D eigenvalue weighted by molar-refractivity contribution is -0.137. The molecule has 1 heterocycles. The van der Waals surface area contributed by atoms with E-state index in [1.807, 2.05) is 24.3 Å². The van der Waals surface area contributed by atoms with E-state index in [4.69, 9.17) is 0 Å². The zero-order valence-corrected chi connectivity index (χ0v) is 18.7. The maximum absolute atomic E-state index is 13.3. The van der Waals surface area contributed by atoms with E-state index in [-0.39, 0.29) is 11.5 Å². The average molecular weight is 505 g/mol. The van der Waals surface area contributed by atoms with Crippen molar-refractivity contribution in [3.63, 3.8) is 0 Å². The Kier molecular flexibility index (Phi) is 5.99. The fraction of sp³-hybridized carbons (Fsp3) is 0.250. The maximum Gasteiger partial charge on any atom is 0.416 e. The van der Waals surface area contributed by atoms with Crippen molar-refractivity contribution < 1.29 is 22.8 Å². The minimum Gasteiger partial charge on any atom is -0.362 e. The number of allylic oxidation sites excluding steroid dienone is 3. The smallest absolute Gasteiger partial charge is 0.362 e. The Labute approximate surface area is 191 Å². The Morgan fingerprint density at radius 1 is 1.12 bits per heavy atom. The van der Waals surface area contributed by atoms with Crippen molar-refractivity contribution in [2.75, 3.05) is 5.32 Å². The molecular weight excluding hydrogens is 485 g/mol. The Hall–Kier alpha value is -2.87. The van der Waals surface area contributed by atoms with E-state index in [1.54, 1.807) is 6.92 Å². The maximum atomic E-state index is 13.3. The number of dihydropyridines is 1. The number of ketones is 1. The first-order valence-electron chi connectivity index (χ1n) is 10.1. The van der Waals surface area contributed by atoms with Gasteiger partial charge in [-0.15, -0.1) is 0 Å². The number of carbonyl (C=O) groups excluding carboxylic acids is 2. The van der Waals surface area contributed by atoms with Gasteiger partial charge in [-0.1, -0.05) is 34.1 Å². The Balaban J connectivity index is 1.75. The second-order valence-electron chi connectivity index (χ2n) is 7.85. The first kappa shape index (κ1) is 22.3. The van der Waals surface area contributed by atoms with E-state index in [1.165, 1.54) is 12.1 Å². The summed E-state index contributed by atoms with van der Waals surface area (Å²) < 4.78 is 40.1. The molecule has 0 spiro atoms. The molecule has 0 radical (unpaired) electrons. The summed E-state index contributed by atoms with van der Waals surface area (Å²) in [7, 11) is 0. The molecule has 1 amide bonds. The van der Waals surface area contributed by atoms with Gasteiger partial charge in [-0.2, -0.15) is 13.2 Å². The van der Waals surface area contributed by atoms with Gasteiger partial charge in [0.2, 0.25) is 0 Å². The van der Waals surface area contributed by atoms with Gasteiger partial charge < -0.3 is 10.6 Å². The fourth-order valence-corrected chi connectivity index (χ4v) is 4.51. The molecule has 2 N–H and O–H groups in total. The number of nitrogens with one attached hydrogen (secondary N) is 2. The third-order valence-corrected chi connectivity index (χ3v) is 6.20. The van der Waals surface area contributed by atoms with E-state index >= 15 is 0 Å². The lowest BCUT2D eigenvalue weighted by Gasteiger charge is -2.34. The van der Waals surface area contributed by atoms with Gasteiger partial charge in [-0.3, -0.25) is 9.59 Å². The molecule has 0 bridgehead atoms. The van der Waals surface area contributed by atoms with Crippen LogP contribution in [0.5, 0.6) is 0 Å². The Morgan fingerprint density at radius 2 is 1.84 bits per heavy atom. The highest BCUT2D eigenvalue weighted by Gasteiger charge is 2.38. The molecule has 1 atom stereocenters. The number of Topliss-reactive ketones (excluding diaryl/α,β-unsaturated/α-hetero) is 1. The van der Waals surface area contributed by atoms with Gasteiger partial charge >= 0.3 is 6.18 Å². The topological polar surface area (TPSA) is 58.2 Å². The monoisotopic (exact) mass is 504 g/mol. The Morgan fingerprint density at radius 3 is 2.53 bits per heavy atom. The predicted octanol–water partition coefficient (Wildman–Crippen LogP) is 6.07. The normalized spacial score (nSPS) is 18.9. The first-order valence-corrected chi connectivity index (χ1v) is 10.9. The largest absolute Gasteiger partial charge is 0.416 e. The quantitative estimate of drug-likeness (QED) is 0.532. The number of amides is 1. The third kappa shape index (κ3) is 4.37. The molecule has 1 aliphatic heterocycles. The van der Waals surface area contributed by atoms with Crippen LogP contribution < -0.4 is 10.6 Å². The number of hydrogen-bond donors (Lipinski definition) is 2. The molecule has 2 aromatic rings. The molecule has 0 saturated carbocycles. The van der Waals surface area contributed by atoms with Crippen LogP contribution in [0.3, 0.4) is 0 Å². The number of carbonyl (C=O) groups is 2. The number of alkyl halides is 3. The van der Waals surface area contributed by atoms with Crippen molar-refractivity contribution in [1.29, 1.82) is 0 Å². The molecule has 8 heteroatoms. The summed E-state index contributed by atoms with van der Waals surface area (Å²) in [5.41, 5.74) is 2.22. The Bertz CT molecular complexity index is 1150. The number of anilines is 1. The zero-order chi connectivity index (χ0) is 23.0. The van der Waals surface area contributed by atoms with Crippen LogP contribution in [0.15, 0.2) is 75.5 Å². The molecule has 0 aromatic heterocycles. The molecule has 4 rings (SSSR count). The van der Waals surface area contributed by atoms with Gasteiger partial charge in [-0.25, -0.2) is 0 Å². The lowest BCUT2D eigenvalue weighted by Crippen LogP contribution is -2.35. The lowest BCUT2D eigenvalue weighted by atomic mass is 9.75. The minimum absolute atomic E-state index is 0.0245. The fourth-order valence-electron chi connectivity index (χ4n) is 4.24. The molecule has 2 aliphatic rings. The van der Waals surface area contributed by atoms with Gasteiger partial charge in [0.1, 0.15) is 0 Å². The van der Waals surface area contributed by atoms with Crippen molar-refractivity contribution in [2.24, 2.45) is 0 Å². The van der Waals surface area contributed by atoms with E-state index < -0.39 is 23.6 Å². The summed E-state index contributed by atoms with van der Waals surface area (Å²) >= 11 is 3.40. The minimum atomic E-state index is -4.52. The van der Waals surface area contributed by atoms with Crippen molar-refractivity contribution >= 4 is 33.3 Å². The molecule has 1 aliphatic carbocycles. The predicted molar refractivity (Wildman–Crippen MR) is 119 cm³/mol. The van der Waals surface area contributed by atoms with Crippen molar-refractivity contribution in [3.8, 4) is 0 Å². The number of halogens is 4. The van der Waals surface area contributed by atoms with Crippen LogP contribution in [0.25, 0.3) is 0 Å². The second-order valence-corrected chi connectivity index (χ2v) is 8.77. The molecule has 0 saturated heterocycles.